The highest BCUT2D eigenvalue weighted by Gasteiger charge is 2.44. The summed E-state index contributed by atoms with van der Waals surface area (Å²) in [4.78, 5) is 47.3. The fourth-order valence-electron chi connectivity index (χ4n) is 2.79. The number of nitro groups is 1. The first-order chi connectivity index (χ1) is 10.4. The van der Waals surface area contributed by atoms with Crippen molar-refractivity contribution in [3.8, 4) is 0 Å². The minimum Gasteiger partial charge on any atom is -0.296 e. The zero-order valence-electron chi connectivity index (χ0n) is 11.4. The molecule has 8 nitrogen and oxygen atoms in total. The predicted molar refractivity (Wildman–Crippen MR) is 74.5 cm³/mol. The van der Waals surface area contributed by atoms with Gasteiger partial charge in [0.1, 0.15) is 11.6 Å². The third-order valence-corrected chi connectivity index (χ3v) is 3.80. The van der Waals surface area contributed by atoms with E-state index in [1.54, 1.807) is 6.07 Å². The zero-order valence-corrected chi connectivity index (χ0v) is 11.4. The Balaban J connectivity index is 2.04. The lowest BCUT2D eigenvalue weighted by Gasteiger charge is -2.30. The van der Waals surface area contributed by atoms with E-state index in [-0.39, 0.29) is 29.8 Å². The van der Waals surface area contributed by atoms with Crippen molar-refractivity contribution in [3.05, 3.63) is 46.0 Å². The number of nitro benzene ring substituents is 1. The summed E-state index contributed by atoms with van der Waals surface area (Å²) in [6, 6.07) is 3.36. The number of imide groups is 1. The summed E-state index contributed by atoms with van der Waals surface area (Å²) in [5.41, 5.74) is 0.183. The summed E-state index contributed by atoms with van der Waals surface area (Å²) in [5.74, 6) is -1.63. The third kappa shape index (κ3) is 1.88. The third-order valence-electron chi connectivity index (χ3n) is 3.80. The molecular weight excluding hydrogens is 290 g/mol. The van der Waals surface area contributed by atoms with E-state index >= 15 is 0 Å². The maximum atomic E-state index is 12.6. The summed E-state index contributed by atoms with van der Waals surface area (Å²) >= 11 is 0. The summed E-state index contributed by atoms with van der Waals surface area (Å²) < 4.78 is 0. The number of nitrogens with one attached hydrogen (secondary N) is 1. The van der Waals surface area contributed by atoms with Crippen LogP contribution in [-0.2, 0) is 9.59 Å². The number of hydrogen-bond donors (Lipinski definition) is 1. The Morgan fingerprint density at radius 2 is 2.05 bits per heavy atom. The van der Waals surface area contributed by atoms with Gasteiger partial charge in [0, 0.05) is 23.7 Å². The molecule has 0 aromatic heterocycles. The van der Waals surface area contributed by atoms with E-state index in [4.69, 9.17) is 0 Å². The molecule has 1 aromatic rings. The largest absolute Gasteiger partial charge is 0.296 e. The van der Waals surface area contributed by atoms with Crippen molar-refractivity contribution >= 4 is 29.1 Å². The molecule has 8 heteroatoms. The standard InChI is InChI=1S/C14H11N3O5/c1-7-8-3-2-4-9(17(21)22)12(8)14(20)16(7)10-5-6-11(18)15-13(10)19/h2-4,10H,1,5-6H2,(H,15,18,19)/t10-/m1/s1. The molecule has 0 aliphatic carbocycles. The number of benzene rings is 1. The Morgan fingerprint density at radius 3 is 2.68 bits per heavy atom. The molecule has 2 aliphatic heterocycles. The van der Waals surface area contributed by atoms with Gasteiger partial charge in [0.2, 0.25) is 11.8 Å². The van der Waals surface area contributed by atoms with Gasteiger partial charge in [0.05, 0.1) is 4.92 Å². The van der Waals surface area contributed by atoms with Gasteiger partial charge in [0.25, 0.3) is 11.6 Å². The van der Waals surface area contributed by atoms with Gasteiger partial charge in [-0.05, 0) is 6.42 Å². The number of fused-ring (bicyclic) bond motifs is 1. The van der Waals surface area contributed by atoms with Crippen LogP contribution >= 0.6 is 0 Å². The second kappa shape index (κ2) is 4.76. The number of amides is 3. The molecule has 1 atom stereocenters. The number of hydrogen-bond acceptors (Lipinski definition) is 5. The monoisotopic (exact) mass is 301 g/mol. The van der Waals surface area contributed by atoms with Crippen LogP contribution in [0.1, 0.15) is 28.8 Å². The number of piperidine rings is 1. The van der Waals surface area contributed by atoms with Crippen LogP contribution in [0.25, 0.3) is 5.70 Å². The Morgan fingerprint density at radius 1 is 1.32 bits per heavy atom. The molecule has 2 heterocycles. The second-order valence-electron chi connectivity index (χ2n) is 5.05. The Labute approximate surface area is 124 Å². The van der Waals surface area contributed by atoms with Crippen molar-refractivity contribution in [1.29, 1.82) is 0 Å². The summed E-state index contributed by atoms with van der Waals surface area (Å²) in [6.45, 7) is 3.77. The van der Waals surface area contributed by atoms with E-state index < -0.39 is 28.7 Å². The Bertz CT molecular complexity index is 755. The maximum absolute atomic E-state index is 12.6. The lowest BCUT2D eigenvalue weighted by molar-refractivity contribution is -0.385. The summed E-state index contributed by atoms with van der Waals surface area (Å²) in [7, 11) is 0. The molecule has 1 N–H and O–H groups in total. The molecule has 22 heavy (non-hydrogen) atoms. The first-order valence-corrected chi connectivity index (χ1v) is 6.55. The minimum absolute atomic E-state index is 0.0674. The van der Waals surface area contributed by atoms with Crippen molar-refractivity contribution < 1.29 is 19.3 Å². The van der Waals surface area contributed by atoms with Gasteiger partial charge in [-0.1, -0.05) is 18.7 Å². The van der Waals surface area contributed by atoms with Gasteiger partial charge in [-0.25, -0.2) is 0 Å². The molecule has 2 aliphatic rings. The molecule has 1 aromatic carbocycles. The van der Waals surface area contributed by atoms with Gasteiger partial charge in [0.15, 0.2) is 0 Å². The van der Waals surface area contributed by atoms with Gasteiger partial charge < -0.3 is 0 Å². The van der Waals surface area contributed by atoms with E-state index in [0.717, 1.165) is 4.90 Å². The van der Waals surface area contributed by atoms with Gasteiger partial charge in [-0.3, -0.25) is 34.7 Å². The van der Waals surface area contributed by atoms with Crippen LogP contribution in [0.5, 0.6) is 0 Å². The van der Waals surface area contributed by atoms with E-state index in [9.17, 15) is 24.5 Å². The topological polar surface area (TPSA) is 110 Å². The first kappa shape index (κ1) is 13.9. The lowest BCUT2D eigenvalue weighted by Crippen LogP contribution is -2.52. The number of nitrogens with zero attached hydrogens (tertiary/aromatic N) is 2. The van der Waals surface area contributed by atoms with Crippen LogP contribution in [0.3, 0.4) is 0 Å². The van der Waals surface area contributed by atoms with E-state index in [1.807, 2.05) is 0 Å². The molecular formula is C14H11N3O5. The molecule has 1 saturated heterocycles. The first-order valence-electron chi connectivity index (χ1n) is 6.55. The summed E-state index contributed by atoms with van der Waals surface area (Å²) in [6.07, 6.45) is 0.267. The predicted octanol–water partition coefficient (Wildman–Crippen LogP) is 0.827. The number of carbonyl (C=O) groups is 3. The van der Waals surface area contributed by atoms with Crippen LogP contribution in [0.4, 0.5) is 5.69 Å². The molecule has 0 saturated carbocycles. The Kier molecular flexibility index (Phi) is 3.01. The lowest BCUT2D eigenvalue weighted by atomic mass is 10.0. The van der Waals surface area contributed by atoms with Crippen molar-refractivity contribution in [3.63, 3.8) is 0 Å². The molecule has 3 amide bonds. The van der Waals surface area contributed by atoms with Crippen molar-refractivity contribution in [2.45, 2.75) is 18.9 Å². The van der Waals surface area contributed by atoms with Crippen LogP contribution in [-0.4, -0.2) is 33.6 Å². The highest BCUT2D eigenvalue weighted by atomic mass is 16.6. The number of carbonyl (C=O) groups excluding carboxylic acids is 3. The molecule has 3 rings (SSSR count). The summed E-state index contributed by atoms with van der Waals surface area (Å²) in [5, 5.41) is 13.2. The quantitative estimate of drug-likeness (QED) is 0.494. The van der Waals surface area contributed by atoms with Crippen LogP contribution in [0.2, 0.25) is 0 Å². The molecule has 0 unspecified atom stereocenters. The van der Waals surface area contributed by atoms with Crippen molar-refractivity contribution in [2.75, 3.05) is 0 Å². The molecule has 0 bridgehead atoms. The average Bonchev–Trinajstić information content (AvgIpc) is 2.72. The fourth-order valence-corrected chi connectivity index (χ4v) is 2.79. The normalized spacial score (nSPS) is 20.9. The van der Waals surface area contributed by atoms with Crippen molar-refractivity contribution in [1.82, 2.24) is 10.2 Å². The number of rotatable bonds is 2. The highest BCUT2D eigenvalue weighted by molar-refractivity contribution is 6.14. The SMILES string of the molecule is C=C1c2cccc([N+](=O)[O-])c2C(=O)N1[C@@H]1CCC(=O)NC1=O. The maximum Gasteiger partial charge on any atom is 0.282 e. The van der Waals surface area contributed by atoms with E-state index in [0.29, 0.717) is 5.56 Å². The Hall–Kier alpha value is -3.03. The van der Waals surface area contributed by atoms with Gasteiger partial charge in [-0.2, -0.15) is 0 Å². The second-order valence-corrected chi connectivity index (χ2v) is 5.05. The zero-order chi connectivity index (χ0) is 16.0. The van der Waals surface area contributed by atoms with Crippen molar-refractivity contribution in [2.24, 2.45) is 0 Å². The van der Waals surface area contributed by atoms with Crippen LogP contribution in [0, 0.1) is 10.1 Å². The highest BCUT2D eigenvalue weighted by Crippen LogP contribution is 2.39. The fraction of sp³-hybridized carbons (Fsp3) is 0.214. The van der Waals surface area contributed by atoms with Gasteiger partial charge >= 0.3 is 0 Å². The van der Waals surface area contributed by atoms with E-state index in [1.165, 1.54) is 12.1 Å². The molecule has 112 valence electrons. The average molecular weight is 301 g/mol. The molecule has 0 spiro atoms. The smallest absolute Gasteiger partial charge is 0.282 e. The molecule has 1 fully saturated rings. The minimum atomic E-state index is -0.885. The van der Waals surface area contributed by atoms with E-state index in [2.05, 4.69) is 11.9 Å². The van der Waals surface area contributed by atoms with Crippen LogP contribution < -0.4 is 5.32 Å². The van der Waals surface area contributed by atoms with Crippen LogP contribution in [0.15, 0.2) is 24.8 Å². The van der Waals surface area contributed by atoms with Gasteiger partial charge in [-0.15, -0.1) is 0 Å². The molecule has 0 radical (unpaired) electrons.